The molecule has 1 fully saturated rings. The van der Waals surface area contributed by atoms with Crippen molar-refractivity contribution in [2.24, 2.45) is 0 Å². The summed E-state index contributed by atoms with van der Waals surface area (Å²) in [5, 5.41) is 10.2. The highest BCUT2D eigenvalue weighted by molar-refractivity contribution is 9.10. The molecule has 1 N–H and O–H groups in total. The zero-order valence-electron chi connectivity index (χ0n) is 10.8. The first kappa shape index (κ1) is 14.0. The van der Waals surface area contributed by atoms with Gasteiger partial charge in [0.25, 0.3) is 0 Å². The molecule has 0 bridgehead atoms. The zero-order valence-corrected chi connectivity index (χ0v) is 12.4. The summed E-state index contributed by atoms with van der Waals surface area (Å²) in [6.07, 6.45) is -0.383. The van der Waals surface area contributed by atoms with Crippen LogP contribution in [0.4, 0.5) is 0 Å². The molecule has 0 aromatic heterocycles. The van der Waals surface area contributed by atoms with E-state index in [0.717, 1.165) is 49.3 Å². The van der Waals surface area contributed by atoms with E-state index in [1.54, 1.807) is 0 Å². The molecule has 100 valence electrons. The smallest absolute Gasteiger partial charge is 0.0916 e. The molecule has 3 nitrogen and oxygen atoms in total. The van der Waals surface area contributed by atoms with Crippen LogP contribution in [0.25, 0.3) is 0 Å². The van der Waals surface area contributed by atoms with Crippen molar-refractivity contribution in [2.75, 3.05) is 39.3 Å². The van der Waals surface area contributed by atoms with Gasteiger partial charge in [0.05, 0.1) is 6.10 Å². The van der Waals surface area contributed by atoms with Crippen LogP contribution in [0.15, 0.2) is 28.7 Å². The number of piperazine rings is 1. The molecule has 0 spiro atoms. The van der Waals surface area contributed by atoms with Crippen LogP contribution in [0.3, 0.4) is 0 Å². The van der Waals surface area contributed by atoms with Gasteiger partial charge in [-0.15, -0.1) is 0 Å². The molecule has 1 aromatic carbocycles. The maximum Gasteiger partial charge on any atom is 0.0916 e. The SMILES string of the molecule is CCN1CCN(C[C@@H](O)c2ccc(Br)cc2)CC1. The first-order valence-electron chi connectivity index (χ1n) is 6.57. The highest BCUT2D eigenvalue weighted by atomic mass is 79.9. The molecule has 1 saturated heterocycles. The number of hydrogen-bond acceptors (Lipinski definition) is 3. The highest BCUT2D eigenvalue weighted by Crippen LogP contribution is 2.18. The summed E-state index contributed by atoms with van der Waals surface area (Å²) < 4.78 is 1.05. The summed E-state index contributed by atoms with van der Waals surface area (Å²) in [4.78, 5) is 4.79. The van der Waals surface area contributed by atoms with E-state index in [4.69, 9.17) is 0 Å². The first-order chi connectivity index (χ1) is 8.69. The summed E-state index contributed by atoms with van der Waals surface area (Å²) in [5.41, 5.74) is 0.996. The second-order valence-corrected chi connectivity index (χ2v) is 5.72. The largest absolute Gasteiger partial charge is 0.387 e. The van der Waals surface area contributed by atoms with E-state index in [-0.39, 0.29) is 6.10 Å². The molecule has 18 heavy (non-hydrogen) atoms. The number of aliphatic hydroxyl groups is 1. The second-order valence-electron chi connectivity index (χ2n) is 4.80. The Morgan fingerprint density at radius 2 is 1.67 bits per heavy atom. The highest BCUT2D eigenvalue weighted by Gasteiger charge is 2.18. The number of aliphatic hydroxyl groups excluding tert-OH is 1. The fourth-order valence-corrected chi connectivity index (χ4v) is 2.59. The Morgan fingerprint density at radius 3 is 2.22 bits per heavy atom. The molecule has 0 saturated carbocycles. The molecule has 0 aliphatic carbocycles. The molecule has 1 aliphatic heterocycles. The van der Waals surface area contributed by atoms with Crippen LogP contribution >= 0.6 is 15.9 Å². The predicted octanol–water partition coefficient (Wildman–Crippen LogP) is 2.12. The Bertz CT molecular complexity index is 361. The van der Waals surface area contributed by atoms with Crippen molar-refractivity contribution in [3.63, 3.8) is 0 Å². The van der Waals surface area contributed by atoms with E-state index in [9.17, 15) is 5.11 Å². The van der Waals surface area contributed by atoms with Crippen LogP contribution in [0.2, 0.25) is 0 Å². The molecule has 1 atom stereocenters. The summed E-state index contributed by atoms with van der Waals surface area (Å²) in [6, 6.07) is 7.93. The average Bonchev–Trinajstić information content (AvgIpc) is 2.40. The van der Waals surface area contributed by atoms with E-state index in [1.165, 1.54) is 0 Å². The molecule has 0 radical (unpaired) electrons. The van der Waals surface area contributed by atoms with Crippen molar-refractivity contribution in [1.82, 2.24) is 9.80 Å². The third-order valence-electron chi connectivity index (χ3n) is 3.60. The lowest BCUT2D eigenvalue weighted by Crippen LogP contribution is -2.47. The van der Waals surface area contributed by atoms with Crippen LogP contribution in [0, 0.1) is 0 Å². The minimum atomic E-state index is -0.383. The number of likely N-dealkylation sites (N-methyl/N-ethyl adjacent to an activating group) is 1. The molecular formula is C14H21BrN2O. The Labute approximate surface area is 118 Å². The second kappa shape index (κ2) is 6.66. The molecule has 1 aliphatic rings. The molecule has 0 unspecified atom stereocenters. The van der Waals surface area contributed by atoms with Crippen molar-refractivity contribution in [1.29, 1.82) is 0 Å². The first-order valence-corrected chi connectivity index (χ1v) is 7.36. The lowest BCUT2D eigenvalue weighted by Gasteiger charge is -2.35. The van der Waals surface area contributed by atoms with Gasteiger partial charge < -0.3 is 10.0 Å². The van der Waals surface area contributed by atoms with Gasteiger partial charge in [0.15, 0.2) is 0 Å². The van der Waals surface area contributed by atoms with Crippen molar-refractivity contribution in [3.8, 4) is 0 Å². The van der Waals surface area contributed by atoms with E-state index in [2.05, 4.69) is 32.7 Å². The van der Waals surface area contributed by atoms with E-state index < -0.39 is 0 Å². The Morgan fingerprint density at radius 1 is 1.11 bits per heavy atom. The standard InChI is InChI=1S/C14H21BrN2O/c1-2-16-7-9-17(10-8-16)11-14(18)12-3-5-13(15)6-4-12/h3-6,14,18H,2,7-11H2,1H3/t14-/m1/s1. The average molecular weight is 313 g/mol. The third-order valence-corrected chi connectivity index (χ3v) is 4.13. The molecule has 2 rings (SSSR count). The van der Waals surface area contributed by atoms with E-state index in [0.29, 0.717) is 0 Å². The van der Waals surface area contributed by atoms with E-state index >= 15 is 0 Å². The summed E-state index contributed by atoms with van der Waals surface area (Å²) >= 11 is 3.41. The Balaban J connectivity index is 1.84. The van der Waals surface area contributed by atoms with Gasteiger partial charge in [-0.1, -0.05) is 35.0 Å². The van der Waals surface area contributed by atoms with Gasteiger partial charge in [-0.05, 0) is 24.2 Å². The van der Waals surface area contributed by atoms with Gasteiger partial charge in [-0.25, -0.2) is 0 Å². The van der Waals surface area contributed by atoms with Gasteiger partial charge in [0, 0.05) is 37.2 Å². The van der Waals surface area contributed by atoms with Crippen LogP contribution < -0.4 is 0 Å². The van der Waals surface area contributed by atoms with Crippen molar-refractivity contribution in [2.45, 2.75) is 13.0 Å². The lowest BCUT2D eigenvalue weighted by atomic mass is 10.1. The number of β-amino-alcohol motifs (C(OH)–C–C–N with tert-alkyl or cyclic N) is 1. The quantitative estimate of drug-likeness (QED) is 0.922. The van der Waals surface area contributed by atoms with Gasteiger partial charge in [0.2, 0.25) is 0 Å². The zero-order chi connectivity index (χ0) is 13.0. The van der Waals surface area contributed by atoms with Crippen molar-refractivity contribution in [3.05, 3.63) is 34.3 Å². The third kappa shape index (κ3) is 3.79. The molecule has 1 heterocycles. The fourth-order valence-electron chi connectivity index (χ4n) is 2.32. The summed E-state index contributed by atoms with van der Waals surface area (Å²) in [5.74, 6) is 0. The predicted molar refractivity (Wildman–Crippen MR) is 77.7 cm³/mol. The fraction of sp³-hybridized carbons (Fsp3) is 0.571. The number of halogens is 1. The monoisotopic (exact) mass is 312 g/mol. The topological polar surface area (TPSA) is 26.7 Å². The molecule has 1 aromatic rings. The van der Waals surface area contributed by atoms with Crippen LogP contribution in [-0.2, 0) is 0 Å². The van der Waals surface area contributed by atoms with E-state index in [1.807, 2.05) is 24.3 Å². The van der Waals surface area contributed by atoms with Crippen LogP contribution in [0.5, 0.6) is 0 Å². The number of benzene rings is 1. The van der Waals surface area contributed by atoms with Gasteiger partial charge in [0.1, 0.15) is 0 Å². The normalized spacial score (nSPS) is 19.9. The van der Waals surface area contributed by atoms with Crippen molar-refractivity contribution >= 4 is 15.9 Å². The van der Waals surface area contributed by atoms with Gasteiger partial charge in [-0.3, -0.25) is 4.90 Å². The number of nitrogens with zero attached hydrogens (tertiary/aromatic N) is 2. The minimum absolute atomic E-state index is 0.383. The van der Waals surface area contributed by atoms with Crippen molar-refractivity contribution < 1.29 is 5.11 Å². The van der Waals surface area contributed by atoms with Crippen LogP contribution in [-0.4, -0.2) is 54.2 Å². The summed E-state index contributed by atoms with van der Waals surface area (Å²) in [7, 11) is 0. The minimum Gasteiger partial charge on any atom is -0.387 e. The molecular weight excluding hydrogens is 292 g/mol. The van der Waals surface area contributed by atoms with Gasteiger partial charge in [-0.2, -0.15) is 0 Å². The number of rotatable bonds is 4. The van der Waals surface area contributed by atoms with Gasteiger partial charge >= 0.3 is 0 Å². The maximum atomic E-state index is 10.2. The Kier molecular flexibility index (Phi) is 5.18. The maximum absolute atomic E-state index is 10.2. The number of hydrogen-bond donors (Lipinski definition) is 1. The lowest BCUT2D eigenvalue weighted by molar-refractivity contribution is 0.0744. The molecule has 0 amide bonds. The Hall–Kier alpha value is -0.420. The summed E-state index contributed by atoms with van der Waals surface area (Å²) in [6.45, 7) is 8.41. The van der Waals surface area contributed by atoms with Crippen LogP contribution in [0.1, 0.15) is 18.6 Å². The molecule has 4 heteroatoms.